The minimum Gasteiger partial charge on any atom is -0.352 e. The molecule has 0 spiro atoms. The molecule has 2 fully saturated rings. The molecule has 3 amide bonds. The first-order chi connectivity index (χ1) is 9.99. The van der Waals surface area contributed by atoms with Gasteiger partial charge >= 0.3 is 6.03 Å². The second-order valence-corrected chi connectivity index (χ2v) is 6.52. The van der Waals surface area contributed by atoms with Gasteiger partial charge in [0, 0.05) is 45.7 Å². The second kappa shape index (κ2) is 7.11. The fourth-order valence-electron chi connectivity index (χ4n) is 3.10. The number of nitrogens with one attached hydrogen (secondary N) is 2. The summed E-state index contributed by atoms with van der Waals surface area (Å²) in [5, 5.41) is 6.52. The van der Waals surface area contributed by atoms with Crippen LogP contribution in [-0.4, -0.2) is 68.1 Å². The molecule has 2 N–H and O–H groups in total. The van der Waals surface area contributed by atoms with Gasteiger partial charge in [-0.3, -0.25) is 4.79 Å². The summed E-state index contributed by atoms with van der Waals surface area (Å²) < 4.78 is 0. The Morgan fingerprint density at radius 1 is 1.19 bits per heavy atom. The quantitative estimate of drug-likeness (QED) is 0.780. The van der Waals surface area contributed by atoms with Crippen molar-refractivity contribution in [3.63, 3.8) is 0 Å². The number of hydrogen-bond acceptors (Lipinski definition) is 3. The molecule has 2 unspecified atom stereocenters. The highest BCUT2D eigenvalue weighted by molar-refractivity contribution is 5.80. The van der Waals surface area contributed by atoms with Gasteiger partial charge in [-0.05, 0) is 31.7 Å². The Hall–Kier alpha value is -1.30. The Morgan fingerprint density at radius 2 is 1.86 bits per heavy atom. The van der Waals surface area contributed by atoms with Crippen molar-refractivity contribution < 1.29 is 9.59 Å². The Bertz CT molecular complexity index is 378. The van der Waals surface area contributed by atoms with Crippen molar-refractivity contribution in [3.8, 4) is 0 Å². The van der Waals surface area contributed by atoms with Gasteiger partial charge < -0.3 is 20.4 Å². The van der Waals surface area contributed by atoms with Gasteiger partial charge in [0.05, 0.1) is 0 Å². The van der Waals surface area contributed by atoms with Gasteiger partial charge in [0.15, 0.2) is 0 Å². The molecule has 120 valence electrons. The van der Waals surface area contributed by atoms with Crippen molar-refractivity contribution in [2.45, 2.75) is 32.2 Å². The predicted octanol–water partition coefficient (Wildman–Crippen LogP) is 0.494. The van der Waals surface area contributed by atoms with E-state index in [4.69, 9.17) is 0 Å². The van der Waals surface area contributed by atoms with Gasteiger partial charge in [-0.15, -0.1) is 0 Å². The highest BCUT2D eigenvalue weighted by atomic mass is 16.2. The van der Waals surface area contributed by atoms with Crippen LogP contribution in [0.1, 0.15) is 26.2 Å². The lowest BCUT2D eigenvalue weighted by Crippen LogP contribution is -2.53. The fourth-order valence-corrected chi connectivity index (χ4v) is 3.10. The summed E-state index contributed by atoms with van der Waals surface area (Å²) >= 11 is 0. The van der Waals surface area contributed by atoms with E-state index < -0.39 is 0 Å². The average molecular weight is 296 g/mol. The number of hydrogen-bond donors (Lipinski definition) is 2. The number of rotatable bonds is 2. The van der Waals surface area contributed by atoms with Crippen molar-refractivity contribution in [1.82, 2.24) is 20.4 Å². The standard InChI is InChI=1S/C15H28N4O2/c1-11-4-7-16-10-13(11)17-14(20)12-5-8-19(9-6-12)15(21)18(2)3/h11-13,16H,4-10H2,1-3H3,(H,17,20). The number of nitrogens with zero attached hydrogens (tertiary/aromatic N) is 2. The zero-order valence-electron chi connectivity index (χ0n) is 13.4. The van der Waals surface area contributed by atoms with Crippen LogP contribution in [0.3, 0.4) is 0 Å². The monoisotopic (exact) mass is 296 g/mol. The largest absolute Gasteiger partial charge is 0.352 e. The average Bonchev–Trinajstić information content (AvgIpc) is 2.49. The Labute approximate surface area is 127 Å². The van der Waals surface area contributed by atoms with Crippen LogP contribution in [-0.2, 0) is 4.79 Å². The molecule has 0 bridgehead atoms. The van der Waals surface area contributed by atoms with E-state index in [1.807, 2.05) is 4.90 Å². The number of urea groups is 1. The molecule has 0 aliphatic carbocycles. The zero-order valence-corrected chi connectivity index (χ0v) is 13.4. The van der Waals surface area contributed by atoms with Crippen LogP contribution in [0, 0.1) is 11.8 Å². The van der Waals surface area contributed by atoms with Crippen LogP contribution in [0.5, 0.6) is 0 Å². The maximum Gasteiger partial charge on any atom is 0.319 e. The highest BCUT2D eigenvalue weighted by Crippen LogP contribution is 2.19. The molecule has 0 radical (unpaired) electrons. The van der Waals surface area contributed by atoms with E-state index in [-0.39, 0.29) is 23.9 Å². The van der Waals surface area contributed by atoms with Crippen LogP contribution in [0.2, 0.25) is 0 Å². The first kappa shape index (κ1) is 16.1. The third-order valence-electron chi connectivity index (χ3n) is 4.67. The van der Waals surface area contributed by atoms with E-state index in [2.05, 4.69) is 17.6 Å². The molecule has 21 heavy (non-hydrogen) atoms. The number of piperidine rings is 2. The van der Waals surface area contributed by atoms with Crippen LogP contribution < -0.4 is 10.6 Å². The molecule has 0 aromatic carbocycles. The normalized spacial score (nSPS) is 27.3. The molecular weight excluding hydrogens is 268 g/mol. The number of carbonyl (C=O) groups excluding carboxylic acids is 2. The minimum atomic E-state index is 0.0407. The predicted molar refractivity (Wildman–Crippen MR) is 82.0 cm³/mol. The number of amides is 3. The van der Waals surface area contributed by atoms with Crippen molar-refractivity contribution in [3.05, 3.63) is 0 Å². The summed E-state index contributed by atoms with van der Waals surface area (Å²) in [6.45, 7) is 5.45. The summed E-state index contributed by atoms with van der Waals surface area (Å²) in [5.41, 5.74) is 0. The highest BCUT2D eigenvalue weighted by Gasteiger charge is 2.30. The van der Waals surface area contributed by atoms with E-state index in [9.17, 15) is 9.59 Å². The maximum absolute atomic E-state index is 12.4. The number of likely N-dealkylation sites (tertiary alicyclic amines) is 1. The van der Waals surface area contributed by atoms with Crippen LogP contribution >= 0.6 is 0 Å². The molecule has 6 heteroatoms. The molecule has 2 aliphatic heterocycles. The summed E-state index contributed by atoms with van der Waals surface area (Å²) in [6, 6.07) is 0.284. The van der Waals surface area contributed by atoms with Gasteiger partial charge in [-0.1, -0.05) is 6.92 Å². The van der Waals surface area contributed by atoms with Gasteiger partial charge in [-0.2, -0.15) is 0 Å². The van der Waals surface area contributed by atoms with Gasteiger partial charge in [0.25, 0.3) is 0 Å². The SMILES string of the molecule is CC1CCNCC1NC(=O)C1CCN(C(=O)N(C)C)CC1. The fraction of sp³-hybridized carbons (Fsp3) is 0.867. The molecule has 0 saturated carbocycles. The van der Waals surface area contributed by atoms with Crippen molar-refractivity contribution in [1.29, 1.82) is 0 Å². The van der Waals surface area contributed by atoms with Gasteiger partial charge in [0.2, 0.25) is 5.91 Å². The first-order valence-electron chi connectivity index (χ1n) is 7.96. The summed E-state index contributed by atoms with van der Waals surface area (Å²) in [5.74, 6) is 0.739. The summed E-state index contributed by atoms with van der Waals surface area (Å²) in [6.07, 6.45) is 2.64. The zero-order chi connectivity index (χ0) is 15.4. The number of carbonyl (C=O) groups is 2. The topological polar surface area (TPSA) is 64.7 Å². The van der Waals surface area contributed by atoms with E-state index in [0.717, 1.165) is 32.4 Å². The molecule has 0 aromatic heterocycles. The lowest BCUT2D eigenvalue weighted by atomic mass is 9.92. The van der Waals surface area contributed by atoms with Gasteiger partial charge in [0.1, 0.15) is 0 Å². The van der Waals surface area contributed by atoms with E-state index in [1.165, 1.54) is 0 Å². The second-order valence-electron chi connectivity index (χ2n) is 6.52. The molecule has 6 nitrogen and oxygen atoms in total. The van der Waals surface area contributed by atoms with Crippen molar-refractivity contribution >= 4 is 11.9 Å². The molecule has 2 rings (SSSR count). The lowest BCUT2D eigenvalue weighted by molar-refractivity contribution is -0.127. The van der Waals surface area contributed by atoms with E-state index >= 15 is 0 Å². The van der Waals surface area contributed by atoms with Gasteiger partial charge in [-0.25, -0.2) is 4.79 Å². The third-order valence-corrected chi connectivity index (χ3v) is 4.67. The third kappa shape index (κ3) is 4.09. The summed E-state index contributed by atoms with van der Waals surface area (Å²) in [7, 11) is 3.52. The molecule has 0 aromatic rings. The summed E-state index contributed by atoms with van der Waals surface area (Å²) in [4.78, 5) is 27.7. The molecule has 2 heterocycles. The molecule has 2 saturated heterocycles. The minimum absolute atomic E-state index is 0.0407. The lowest BCUT2D eigenvalue weighted by Gasteiger charge is -2.35. The maximum atomic E-state index is 12.4. The van der Waals surface area contributed by atoms with E-state index in [1.54, 1.807) is 19.0 Å². The van der Waals surface area contributed by atoms with Crippen molar-refractivity contribution in [2.24, 2.45) is 11.8 Å². The Morgan fingerprint density at radius 3 is 2.43 bits per heavy atom. The van der Waals surface area contributed by atoms with Crippen molar-refractivity contribution in [2.75, 3.05) is 40.3 Å². The van der Waals surface area contributed by atoms with Crippen LogP contribution in [0.15, 0.2) is 0 Å². The molecular formula is C15H28N4O2. The molecule has 2 aliphatic rings. The van der Waals surface area contributed by atoms with Crippen LogP contribution in [0.4, 0.5) is 4.79 Å². The van der Waals surface area contributed by atoms with Crippen LogP contribution in [0.25, 0.3) is 0 Å². The Kier molecular flexibility index (Phi) is 5.45. The van der Waals surface area contributed by atoms with E-state index in [0.29, 0.717) is 19.0 Å². The first-order valence-corrected chi connectivity index (χ1v) is 7.96. The Balaban J connectivity index is 1.79. The molecule has 2 atom stereocenters. The smallest absolute Gasteiger partial charge is 0.319 e.